The summed E-state index contributed by atoms with van der Waals surface area (Å²) in [5, 5.41) is 11.8. The fourth-order valence-electron chi connectivity index (χ4n) is 2.58. The zero-order chi connectivity index (χ0) is 20.1. The van der Waals surface area contributed by atoms with Crippen LogP contribution in [-0.2, 0) is 18.4 Å². The van der Waals surface area contributed by atoms with Crippen LogP contribution in [0.3, 0.4) is 0 Å². The molecule has 8 heteroatoms. The number of halogens is 1. The summed E-state index contributed by atoms with van der Waals surface area (Å²) >= 11 is 1.31. The summed E-state index contributed by atoms with van der Waals surface area (Å²) < 4.78 is 14.9. The number of rotatable bonds is 7. The van der Waals surface area contributed by atoms with E-state index >= 15 is 0 Å². The predicted octanol–water partition coefficient (Wildman–Crippen LogP) is 3.10. The molecule has 1 aromatic heterocycles. The van der Waals surface area contributed by atoms with Gasteiger partial charge in [-0.3, -0.25) is 4.79 Å². The van der Waals surface area contributed by atoms with Crippen LogP contribution in [-0.4, -0.2) is 40.5 Å². The van der Waals surface area contributed by atoms with Gasteiger partial charge in [-0.25, -0.2) is 4.39 Å². The number of hydrogen-bond acceptors (Lipinski definition) is 5. The third-order valence-corrected chi connectivity index (χ3v) is 5.23. The molecular formula is C20H22FN5OS. The summed E-state index contributed by atoms with van der Waals surface area (Å²) in [5.74, 6) is 0.496. The first-order chi connectivity index (χ1) is 13.4. The number of nitrogens with one attached hydrogen (secondary N) is 1. The van der Waals surface area contributed by atoms with Crippen molar-refractivity contribution in [3.63, 3.8) is 0 Å². The van der Waals surface area contributed by atoms with Crippen molar-refractivity contribution in [3.8, 4) is 11.4 Å². The SMILES string of the molecule is CN(C)c1ccc(CNC(=O)CSc2nnc(-c3ccc(F)cc3)n2C)cc1. The van der Waals surface area contributed by atoms with Crippen molar-refractivity contribution in [1.82, 2.24) is 20.1 Å². The van der Waals surface area contributed by atoms with E-state index in [2.05, 4.69) is 15.5 Å². The van der Waals surface area contributed by atoms with Crippen LogP contribution in [0.4, 0.5) is 10.1 Å². The highest BCUT2D eigenvalue weighted by Crippen LogP contribution is 2.22. The van der Waals surface area contributed by atoms with E-state index in [1.165, 1.54) is 23.9 Å². The van der Waals surface area contributed by atoms with Crippen molar-refractivity contribution < 1.29 is 9.18 Å². The van der Waals surface area contributed by atoms with Gasteiger partial charge in [-0.05, 0) is 42.0 Å². The molecule has 1 amide bonds. The van der Waals surface area contributed by atoms with E-state index in [-0.39, 0.29) is 17.5 Å². The zero-order valence-corrected chi connectivity index (χ0v) is 16.8. The molecule has 3 aromatic rings. The van der Waals surface area contributed by atoms with E-state index < -0.39 is 0 Å². The first-order valence-electron chi connectivity index (χ1n) is 8.75. The van der Waals surface area contributed by atoms with Crippen molar-refractivity contribution >= 4 is 23.4 Å². The maximum Gasteiger partial charge on any atom is 0.230 e. The third-order valence-electron chi connectivity index (χ3n) is 4.21. The van der Waals surface area contributed by atoms with Crippen molar-refractivity contribution in [2.75, 3.05) is 24.7 Å². The second kappa shape index (κ2) is 8.88. The molecule has 0 bridgehead atoms. The van der Waals surface area contributed by atoms with Crippen LogP contribution in [0.15, 0.2) is 53.7 Å². The number of hydrogen-bond donors (Lipinski definition) is 1. The second-order valence-corrected chi connectivity index (χ2v) is 7.44. The maximum atomic E-state index is 13.1. The van der Waals surface area contributed by atoms with Crippen LogP contribution in [0.25, 0.3) is 11.4 Å². The highest BCUT2D eigenvalue weighted by molar-refractivity contribution is 7.99. The minimum atomic E-state index is -0.298. The standard InChI is InChI=1S/C20H22FN5OS/c1-25(2)17-10-4-14(5-11-17)12-22-18(27)13-28-20-24-23-19(26(20)3)15-6-8-16(21)9-7-15/h4-11H,12-13H2,1-3H3,(H,22,27). The number of benzene rings is 2. The van der Waals surface area contributed by atoms with Gasteiger partial charge in [0.05, 0.1) is 5.75 Å². The zero-order valence-electron chi connectivity index (χ0n) is 16.0. The lowest BCUT2D eigenvalue weighted by atomic mass is 10.2. The number of anilines is 1. The Morgan fingerprint density at radius 2 is 1.79 bits per heavy atom. The summed E-state index contributed by atoms with van der Waals surface area (Å²) in [6.07, 6.45) is 0. The Morgan fingerprint density at radius 3 is 2.43 bits per heavy atom. The van der Waals surface area contributed by atoms with Gasteiger partial charge in [-0.15, -0.1) is 10.2 Å². The number of nitrogens with zero attached hydrogens (tertiary/aromatic N) is 4. The predicted molar refractivity (Wildman–Crippen MR) is 110 cm³/mol. The molecule has 6 nitrogen and oxygen atoms in total. The van der Waals surface area contributed by atoms with Crippen LogP contribution >= 0.6 is 11.8 Å². The van der Waals surface area contributed by atoms with Crippen molar-refractivity contribution in [3.05, 3.63) is 59.9 Å². The van der Waals surface area contributed by atoms with Gasteiger partial charge in [-0.2, -0.15) is 0 Å². The van der Waals surface area contributed by atoms with Gasteiger partial charge in [0.15, 0.2) is 11.0 Å². The molecule has 0 aliphatic carbocycles. The lowest BCUT2D eigenvalue weighted by Crippen LogP contribution is -2.24. The molecular weight excluding hydrogens is 377 g/mol. The third kappa shape index (κ3) is 4.89. The van der Waals surface area contributed by atoms with Crippen LogP contribution in [0.5, 0.6) is 0 Å². The minimum absolute atomic E-state index is 0.0759. The van der Waals surface area contributed by atoms with E-state index in [9.17, 15) is 9.18 Å². The quantitative estimate of drug-likeness (QED) is 0.619. The molecule has 0 aliphatic heterocycles. The first-order valence-corrected chi connectivity index (χ1v) is 9.73. The van der Waals surface area contributed by atoms with Gasteiger partial charge in [0, 0.05) is 38.9 Å². The fraction of sp³-hybridized carbons (Fsp3) is 0.250. The fourth-order valence-corrected chi connectivity index (χ4v) is 3.33. The normalized spacial score (nSPS) is 10.7. The average molecular weight is 399 g/mol. The molecule has 0 fully saturated rings. The largest absolute Gasteiger partial charge is 0.378 e. The second-order valence-electron chi connectivity index (χ2n) is 6.50. The van der Waals surface area contributed by atoms with Gasteiger partial charge in [-0.1, -0.05) is 23.9 Å². The Balaban J connectivity index is 1.52. The van der Waals surface area contributed by atoms with Crippen LogP contribution in [0, 0.1) is 5.82 Å². The number of carbonyl (C=O) groups is 1. The monoisotopic (exact) mass is 399 g/mol. The summed E-state index contributed by atoms with van der Waals surface area (Å²) in [7, 11) is 5.80. The number of thioether (sulfide) groups is 1. The molecule has 1 N–H and O–H groups in total. The molecule has 0 unspecified atom stereocenters. The van der Waals surface area contributed by atoms with Crippen LogP contribution in [0.1, 0.15) is 5.56 Å². The van der Waals surface area contributed by atoms with Crippen LogP contribution < -0.4 is 10.2 Å². The van der Waals surface area contributed by atoms with Gasteiger partial charge in [0.25, 0.3) is 0 Å². The van der Waals surface area contributed by atoms with Crippen LogP contribution in [0.2, 0.25) is 0 Å². The van der Waals surface area contributed by atoms with Gasteiger partial charge < -0.3 is 14.8 Å². The number of amides is 1. The first kappa shape index (κ1) is 19.9. The van der Waals surface area contributed by atoms with E-state index in [4.69, 9.17) is 0 Å². The smallest absolute Gasteiger partial charge is 0.230 e. The topological polar surface area (TPSA) is 63.1 Å². The highest BCUT2D eigenvalue weighted by Gasteiger charge is 2.13. The average Bonchev–Trinajstić information content (AvgIpc) is 3.06. The molecule has 0 aliphatic rings. The van der Waals surface area contributed by atoms with E-state index in [0.29, 0.717) is 17.5 Å². The van der Waals surface area contributed by atoms with Crippen molar-refractivity contribution in [1.29, 1.82) is 0 Å². The molecule has 28 heavy (non-hydrogen) atoms. The Kier molecular flexibility index (Phi) is 6.30. The highest BCUT2D eigenvalue weighted by atomic mass is 32.2. The molecule has 0 radical (unpaired) electrons. The van der Waals surface area contributed by atoms with Gasteiger partial charge >= 0.3 is 0 Å². The number of carbonyl (C=O) groups excluding carboxylic acids is 1. The number of aromatic nitrogens is 3. The molecule has 2 aromatic carbocycles. The molecule has 0 atom stereocenters. The van der Waals surface area contributed by atoms with Gasteiger partial charge in [0.2, 0.25) is 5.91 Å². The Labute approximate surface area is 167 Å². The molecule has 146 valence electrons. The molecule has 0 saturated heterocycles. The molecule has 0 spiro atoms. The summed E-state index contributed by atoms with van der Waals surface area (Å²) in [4.78, 5) is 14.2. The Morgan fingerprint density at radius 1 is 1.11 bits per heavy atom. The maximum absolute atomic E-state index is 13.1. The van der Waals surface area contributed by atoms with Gasteiger partial charge in [0.1, 0.15) is 5.82 Å². The van der Waals surface area contributed by atoms with E-state index in [0.717, 1.165) is 16.8 Å². The lowest BCUT2D eigenvalue weighted by Gasteiger charge is -2.12. The summed E-state index contributed by atoms with van der Waals surface area (Å²) in [6.45, 7) is 0.479. The van der Waals surface area contributed by atoms with Crippen molar-refractivity contribution in [2.24, 2.45) is 7.05 Å². The molecule has 1 heterocycles. The minimum Gasteiger partial charge on any atom is -0.378 e. The Hall–Kier alpha value is -2.87. The lowest BCUT2D eigenvalue weighted by molar-refractivity contribution is -0.118. The summed E-state index contributed by atoms with van der Waals surface area (Å²) in [5.41, 5.74) is 2.93. The van der Waals surface area contributed by atoms with E-state index in [1.807, 2.05) is 50.3 Å². The molecule has 3 rings (SSSR count). The van der Waals surface area contributed by atoms with Crippen molar-refractivity contribution in [2.45, 2.75) is 11.7 Å². The van der Waals surface area contributed by atoms with E-state index in [1.54, 1.807) is 16.7 Å². The Bertz CT molecular complexity index is 938. The summed E-state index contributed by atoms with van der Waals surface area (Å²) in [6, 6.07) is 14.1. The molecule has 0 saturated carbocycles.